The lowest BCUT2D eigenvalue weighted by molar-refractivity contribution is -0.138. The van der Waals surface area contributed by atoms with Crippen LogP contribution in [0.5, 0.6) is 0 Å². The molecule has 3 rings (SSSR count). The second-order valence-corrected chi connectivity index (χ2v) is 6.40. The lowest BCUT2D eigenvalue weighted by atomic mass is 10.0. The molecule has 5 heteroatoms. The molecule has 1 N–H and O–H groups in total. The molecule has 0 aromatic carbocycles. The van der Waals surface area contributed by atoms with E-state index in [-0.39, 0.29) is 5.41 Å². The summed E-state index contributed by atoms with van der Waals surface area (Å²) in [6.07, 6.45) is 3.77. The molecule has 3 aliphatic rings. The smallest absolute Gasteiger partial charge is 0.303 e. The van der Waals surface area contributed by atoms with Crippen molar-refractivity contribution in [3.8, 4) is 0 Å². The zero-order chi connectivity index (χ0) is 13.3. The van der Waals surface area contributed by atoms with E-state index in [4.69, 9.17) is 9.84 Å². The molecular weight excluding hydrogens is 244 g/mol. The van der Waals surface area contributed by atoms with Crippen molar-refractivity contribution in [3.05, 3.63) is 0 Å². The summed E-state index contributed by atoms with van der Waals surface area (Å²) >= 11 is 0. The number of carboxylic acid groups (broad SMARTS) is 1. The van der Waals surface area contributed by atoms with Gasteiger partial charge in [-0.3, -0.25) is 9.69 Å². The Kier molecular flexibility index (Phi) is 3.78. The van der Waals surface area contributed by atoms with Crippen LogP contribution in [-0.4, -0.2) is 72.9 Å². The van der Waals surface area contributed by atoms with Crippen molar-refractivity contribution in [1.29, 1.82) is 0 Å². The highest BCUT2D eigenvalue weighted by molar-refractivity contribution is 5.68. The normalized spacial score (nSPS) is 31.5. The van der Waals surface area contributed by atoms with Crippen molar-refractivity contribution in [1.82, 2.24) is 9.80 Å². The second-order valence-electron chi connectivity index (χ2n) is 6.40. The van der Waals surface area contributed by atoms with Gasteiger partial charge in [-0.05, 0) is 31.2 Å². The summed E-state index contributed by atoms with van der Waals surface area (Å²) in [5.74, 6) is -0.638. The van der Waals surface area contributed by atoms with Crippen LogP contribution in [-0.2, 0) is 9.53 Å². The van der Waals surface area contributed by atoms with Gasteiger partial charge in [0.15, 0.2) is 0 Å². The molecular formula is C14H24N2O3. The Bertz CT molecular complexity index is 338. The van der Waals surface area contributed by atoms with E-state index in [2.05, 4.69) is 9.80 Å². The molecule has 108 valence electrons. The molecule has 2 aliphatic heterocycles. The average Bonchev–Trinajstić information content (AvgIpc) is 2.97. The summed E-state index contributed by atoms with van der Waals surface area (Å²) in [5.41, 5.74) is 0.103. The summed E-state index contributed by atoms with van der Waals surface area (Å²) in [4.78, 5) is 15.9. The Morgan fingerprint density at radius 1 is 1.26 bits per heavy atom. The first-order valence-corrected chi connectivity index (χ1v) is 7.43. The largest absolute Gasteiger partial charge is 0.481 e. The van der Waals surface area contributed by atoms with E-state index in [1.807, 2.05) is 0 Å². The zero-order valence-electron chi connectivity index (χ0n) is 11.5. The highest BCUT2D eigenvalue weighted by atomic mass is 16.5. The van der Waals surface area contributed by atoms with E-state index in [1.165, 1.54) is 6.42 Å². The molecule has 3 fully saturated rings. The molecule has 1 atom stereocenters. The zero-order valence-corrected chi connectivity index (χ0v) is 11.5. The summed E-state index contributed by atoms with van der Waals surface area (Å²) < 4.78 is 5.40. The van der Waals surface area contributed by atoms with Crippen molar-refractivity contribution in [2.45, 2.75) is 31.7 Å². The molecule has 1 saturated carbocycles. The van der Waals surface area contributed by atoms with Crippen LogP contribution in [0.25, 0.3) is 0 Å². The fourth-order valence-electron chi connectivity index (χ4n) is 3.56. The predicted octanol–water partition coefficient (Wildman–Crippen LogP) is 0.648. The first-order valence-electron chi connectivity index (χ1n) is 7.43. The minimum Gasteiger partial charge on any atom is -0.481 e. The van der Waals surface area contributed by atoms with Gasteiger partial charge in [0.2, 0.25) is 0 Å². The van der Waals surface area contributed by atoms with Gasteiger partial charge < -0.3 is 14.7 Å². The molecule has 0 aromatic rings. The molecule has 2 saturated heterocycles. The Balaban J connectivity index is 1.48. The molecule has 19 heavy (non-hydrogen) atoms. The number of likely N-dealkylation sites (tertiary alicyclic amines) is 1. The van der Waals surface area contributed by atoms with Gasteiger partial charge >= 0.3 is 5.97 Å². The van der Waals surface area contributed by atoms with E-state index in [1.54, 1.807) is 0 Å². The number of morpholine rings is 1. The van der Waals surface area contributed by atoms with Gasteiger partial charge in [-0.1, -0.05) is 0 Å². The van der Waals surface area contributed by atoms with Crippen molar-refractivity contribution >= 4 is 5.97 Å². The fourth-order valence-corrected chi connectivity index (χ4v) is 3.56. The van der Waals surface area contributed by atoms with Crippen molar-refractivity contribution in [2.75, 3.05) is 45.9 Å². The highest BCUT2D eigenvalue weighted by Crippen LogP contribution is 2.49. The van der Waals surface area contributed by atoms with Gasteiger partial charge in [0.25, 0.3) is 0 Å². The number of nitrogens with zero attached hydrogens (tertiary/aromatic N) is 2. The second kappa shape index (κ2) is 5.38. The topological polar surface area (TPSA) is 53.0 Å². The van der Waals surface area contributed by atoms with Gasteiger partial charge in [-0.25, -0.2) is 0 Å². The third-order valence-corrected chi connectivity index (χ3v) is 4.85. The molecule has 2 heterocycles. The summed E-state index contributed by atoms with van der Waals surface area (Å²) in [7, 11) is 0. The predicted molar refractivity (Wildman–Crippen MR) is 71.2 cm³/mol. The molecule has 0 aromatic heterocycles. The first-order chi connectivity index (χ1) is 9.17. The van der Waals surface area contributed by atoms with Crippen LogP contribution in [0.1, 0.15) is 25.7 Å². The maximum Gasteiger partial charge on any atom is 0.303 e. The van der Waals surface area contributed by atoms with E-state index >= 15 is 0 Å². The molecule has 1 unspecified atom stereocenters. The van der Waals surface area contributed by atoms with Crippen molar-refractivity contribution in [3.63, 3.8) is 0 Å². The molecule has 5 nitrogen and oxygen atoms in total. The number of hydrogen-bond acceptors (Lipinski definition) is 4. The highest BCUT2D eigenvalue weighted by Gasteiger charge is 2.46. The number of aliphatic carboxylic acids is 1. The SMILES string of the molecule is O=C(O)CC1(CN2CCC(N3CCOCC3)C2)CC1. The molecule has 0 amide bonds. The third-order valence-electron chi connectivity index (χ3n) is 4.85. The van der Waals surface area contributed by atoms with Crippen molar-refractivity contribution < 1.29 is 14.6 Å². The van der Waals surface area contributed by atoms with Crippen LogP contribution in [0.3, 0.4) is 0 Å². The van der Waals surface area contributed by atoms with Gasteiger partial charge in [0.1, 0.15) is 0 Å². The van der Waals surface area contributed by atoms with Crippen LogP contribution in [0.2, 0.25) is 0 Å². The Hall–Kier alpha value is -0.650. The van der Waals surface area contributed by atoms with Gasteiger partial charge in [0, 0.05) is 32.2 Å². The summed E-state index contributed by atoms with van der Waals surface area (Å²) in [6, 6.07) is 0.657. The monoisotopic (exact) mass is 268 g/mol. The van der Waals surface area contributed by atoms with Crippen LogP contribution < -0.4 is 0 Å². The molecule has 1 aliphatic carbocycles. The van der Waals surface area contributed by atoms with E-state index < -0.39 is 5.97 Å². The summed E-state index contributed by atoms with van der Waals surface area (Å²) in [5, 5.41) is 8.98. The maximum atomic E-state index is 10.9. The number of carbonyl (C=O) groups is 1. The van der Waals surface area contributed by atoms with Crippen LogP contribution in [0.4, 0.5) is 0 Å². The van der Waals surface area contributed by atoms with Crippen molar-refractivity contribution in [2.24, 2.45) is 5.41 Å². The summed E-state index contributed by atoms with van der Waals surface area (Å²) in [6.45, 7) is 7.06. The van der Waals surface area contributed by atoms with E-state index in [9.17, 15) is 4.79 Å². The quantitative estimate of drug-likeness (QED) is 0.793. The van der Waals surface area contributed by atoms with Gasteiger partial charge in [-0.15, -0.1) is 0 Å². The Labute approximate surface area is 114 Å². The van der Waals surface area contributed by atoms with Crippen LogP contribution >= 0.6 is 0 Å². The average molecular weight is 268 g/mol. The number of hydrogen-bond donors (Lipinski definition) is 1. The van der Waals surface area contributed by atoms with Crippen LogP contribution in [0.15, 0.2) is 0 Å². The van der Waals surface area contributed by atoms with Crippen LogP contribution in [0, 0.1) is 5.41 Å². The Morgan fingerprint density at radius 2 is 2.00 bits per heavy atom. The Morgan fingerprint density at radius 3 is 2.63 bits per heavy atom. The van der Waals surface area contributed by atoms with E-state index in [0.717, 1.165) is 58.8 Å². The molecule has 0 radical (unpaired) electrons. The molecule has 0 bridgehead atoms. The maximum absolute atomic E-state index is 10.9. The minimum absolute atomic E-state index is 0.103. The van der Waals surface area contributed by atoms with Gasteiger partial charge in [0.05, 0.1) is 19.6 Å². The minimum atomic E-state index is -0.638. The first kappa shape index (κ1) is 13.3. The lowest BCUT2D eigenvalue weighted by Crippen LogP contribution is -2.45. The lowest BCUT2D eigenvalue weighted by Gasteiger charge is -2.32. The van der Waals surface area contributed by atoms with Gasteiger partial charge in [-0.2, -0.15) is 0 Å². The number of rotatable bonds is 5. The van der Waals surface area contributed by atoms with E-state index in [0.29, 0.717) is 12.5 Å². The number of ether oxygens (including phenoxy) is 1. The number of carboxylic acids is 1. The molecule has 0 spiro atoms. The fraction of sp³-hybridized carbons (Fsp3) is 0.929. The third kappa shape index (κ3) is 3.27. The standard InChI is InChI=1S/C14H24N2O3/c17-13(18)9-14(2-3-14)11-15-4-1-12(10-15)16-5-7-19-8-6-16/h12H,1-11H2,(H,17,18).